The van der Waals surface area contributed by atoms with E-state index in [1.807, 2.05) is 0 Å². The molecule has 1 aliphatic heterocycles. The molecule has 4 nitrogen and oxygen atoms in total. The molecule has 1 aromatic carbocycles. The first-order valence-electron chi connectivity index (χ1n) is 7.82. The summed E-state index contributed by atoms with van der Waals surface area (Å²) >= 11 is 0. The van der Waals surface area contributed by atoms with Gasteiger partial charge in [0.2, 0.25) is 5.89 Å². The van der Waals surface area contributed by atoms with E-state index in [-0.39, 0.29) is 5.82 Å². The second-order valence-electron chi connectivity index (χ2n) is 6.04. The molecule has 2 heterocycles. The van der Waals surface area contributed by atoms with Crippen molar-refractivity contribution in [2.75, 3.05) is 13.1 Å². The van der Waals surface area contributed by atoms with Gasteiger partial charge in [-0.15, -0.1) is 0 Å². The highest BCUT2D eigenvalue weighted by Gasteiger charge is 2.27. The third kappa shape index (κ3) is 3.20. The third-order valence-corrected chi connectivity index (χ3v) is 4.48. The summed E-state index contributed by atoms with van der Waals surface area (Å²) in [5.74, 6) is 0.884. The van der Waals surface area contributed by atoms with E-state index in [1.165, 1.54) is 25.0 Å². The minimum atomic E-state index is -0.261. The van der Waals surface area contributed by atoms with Gasteiger partial charge in [-0.05, 0) is 49.6 Å². The molecule has 0 radical (unpaired) electrons. The molecule has 3 rings (SSSR count). The second kappa shape index (κ2) is 6.58. The van der Waals surface area contributed by atoms with Crippen molar-refractivity contribution >= 4 is 0 Å². The normalized spacial score (nSPS) is 22.9. The zero-order valence-corrected chi connectivity index (χ0v) is 12.8. The van der Waals surface area contributed by atoms with E-state index in [2.05, 4.69) is 16.8 Å². The van der Waals surface area contributed by atoms with Gasteiger partial charge in [0, 0.05) is 24.7 Å². The van der Waals surface area contributed by atoms with Crippen LogP contribution in [-0.4, -0.2) is 29.0 Å². The molecule has 118 valence electrons. The van der Waals surface area contributed by atoms with Crippen LogP contribution in [-0.2, 0) is 6.54 Å². The van der Waals surface area contributed by atoms with Gasteiger partial charge in [0.15, 0.2) is 0 Å². The number of halogens is 1. The molecule has 1 saturated heterocycles. The molecule has 0 aliphatic carbocycles. The van der Waals surface area contributed by atoms with Gasteiger partial charge >= 0.3 is 0 Å². The lowest BCUT2D eigenvalue weighted by Crippen LogP contribution is -2.48. The summed E-state index contributed by atoms with van der Waals surface area (Å²) in [5.41, 5.74) is 7.61. The molecular formula is C17H22FN3O. The molecule has 0 amide bonds. The molecule has 1 fully saturated rings. The van der Waals surface area contributed by atoms with Gasteiger partial charge in [0.1, 0.15) is 12.1 Å². The van der Waals surface area contributed by atoms with Crippen molar-refractivity contribution in [2.24, 2.45) is 11.7 Å². The predicted molar refractivity (Wildman–Crippen MR) is 83.5 cm³/mol. The largest absolute Gasteiger partial charge is 0.444 e. The number of aromatic nitrogens is 1. The summed E-state index contributed by atoms with van der Waals surface area (Å²) in [6, 6.07) is 6.58. The molecule has 0 spiro atoms. The highest BCUT2D eigenvalue weighted by molar-refractivity contribution is 5.52. The van der Waals surface area contributed by atoms with Crippen molar-refractivity contribution in [3.63, 3.8) is 0 Å². The molecule has 2 aromatic rings. The van der Waals surface area contributed by atoms with Crippen molar-refractivity contribution in [3.05, 3.63) is 42.0 Å². The maximum Gasteiger partial charge on any atom is 0.226 e. The lowest BCUT2D eigenvalue weighted by Gasteiger charge is -2.38. The summed E-state index contributed by atoms with van der Waals surface area (Å²) in [6.07, 6.45) is 4.11. The van der Waals surface area contributed by atoms with Crippen molar-refractivity contribution in [3.8, 4) is 11.5 Å². The first-order valence-corrected chi connectivity index (χ1v) is 7.82. The monoisotopic (exact) mass is 303 g/mol. The molecule has 0 bridgehead atoms. The van der Waals surface area contributed by atoms with Gasteiger partial charge in [-0.1, -0.05) is 6.92 Å². The molecule has 1 aliphatic rings. The number of likely N-dealkylation sites (tertiary alicyclic amines) is 1. The van der Waals surface area contributed by atoms with Gasteiger partial charge in [-0.25, -0.2) is 9.37 Å². The Morgan fingerprint density at radius 3 is 2.86 bits per heavy atom. The van der Waals surface area contributed by atoms with Crippen LogP contribution in [0.25, 0.3) is 11.5 Å². The molecule has 2 unspecified atom stereocenters. The van der Waals surface area contributed by atoms with Gasteiger partial charge < -0.3 is 10.2 Å². The SMILES string of the molecule is CC1CCCN(Cc2coc(-c3ccc(F)cc3)n2)C1CN. The lowest BCUT2D eigenvalue weighted by molar-refractivity contribution is 0.0977. The molecule has 0 saturated carbocycles. The van der Waals surface area contributed by atoms with Crippen LogP contribution in [0.1, 0.15) is 25.5 Å². The number of nitrogens with two attached hydrogens (primary N) is 1. The highest BCUT2D eigenvalue weighted by Crippen LogP contribution is 2.25. The summed E-state index contributed by atoms with van der Waals surface area (Å²) in [6.45, 7) is 4.72. The topological polar surface area (TPSA) is 55.3 Å². The summed E-state index contributed by atoms with van der Waals surface area (Å²) < 4.78 is 18.5. The average molecular weight is 303 g/mol. The molecule has 5 heteroatoms. The van der Waals surface area contributed by atoms with Crippen LogP contribution >= 0.6 is 0 Å². The number of benzene rings is 1. The minimum Gasteiger partial charge on any atom is -0.444 e. The first kappa shape index (κ1) is 15.2. The maximum absolute atomic E-state index is 13.0. The Bertz CT molecular complexity index is 611. The summed E-state index contributed by atoms with van der Waals surface area (Å²) in [7, 11) is 0. The highest BCUT2D eigenvalue weighted by atomic mass is 19.1. The molecule has 2 N–H and O–H groups in total. The zero-order valence-electron chi connectivity index (χ0n) is 12.8. The van der Waals surface area contributed by atoms with E-state index < -0.39 is 0 Å². The van der Waals surface area contributed by atoms with Crippen LogP contribution in [0, 0.1) is 11.7 Å². The van der Waals surface area contributed by atoms with E-state index in [9.17, 15) is 4.39 Å². The molecule has 22 heavy (non-hydrogen) atoms. The van der Waals surface area contributed by atoms with E-state index in [1.54, 1.807) is 18.4 Å². The Balaban J connectivity index is 1.72. The van der Waals surface area contributed by atoms with Crippen LogP contribution in [0.2, 0.25) is 0 Å². The number of rotatable bonds is 4. The third-order valence-electron chi connectivity index (χ3n) is 4.48. The Morgan fingerprint density at radius 1 is 1.36 bits per heavy atom. The van der Waals surface area contributed by atoms with Gasteiger partial charge in [-0.3, -0.25) is 4.90 Å². The number of oxazole rings is 1. The van der Waals surface area contributed by atoms with Crippen LogP contribution in [0.15, 0.2) is 34.9 Å². The van der Waals surface area contributed by atoms with E-state index in [0.717, 1.165) is 24.3 Å². The van der Waals surface area contributed by atoms with Crippen LogP contribution in [0.5, 0.6) is 0 Å². The smallest absolute Gasteiger partial charge is 0.226 e. The van der Waals surface area contributed by atoms with E-state index in [0.29, 0.717) is 24.4 Å². The number of piperidine rings is 1. The Kier molecular flexibility index (Phi) is 4.55. The van der Waals surface area contributed by atoms with Crippen molar-refractivity contribution < 1.29 is 8.81 Å². The second-order valence-corrected chi connectivity index (χ2v) is 6.04. The van der Waals surface area contributed by atoms with Crippen molar-refractivity contribution in [2.45, 2.75) is 32.4 Å². The Morgan fingerprint density at radius 2 is 2.14 bits per heavy atom. The lowest BCUT2D eigenvalue weighted by atomic mass is 9.91. The van der Waals surface area contributed by atoms with E-state index in [4.69, 9.17) is 10.2 Å². The quantitative estimate of drug-likeness (QED) is 0.943. The zero-order chi connectivity index (χ0) is 15.5. The van der Waals surface area contributed by atoms with Gasteiger partial charge in [-0.2, -0.15) is 0 Å². The van der Waals surface area contributed by atoms with Crippen molar-refractivity contribution in [1.29, 1.82) is 0 Å². The van der Waals surface area contributed by atoms with E-state index >= 15 is 0 Å². The average Bonchev–Trinajstić information content (AvgIpc) is 2.97. The minimum absolute atomic E-state index is 0.261. The standard InChI is InChI=1S/C17H22FN3O/c1-12-3-2-8-21(16(12)9-19)10-15-11-22-17(20-15)13-4-6-14(18)7-5-13/h4-7,11-12,16H,2-3,8-10,19H2,1H3. The fraction of sp³-hybridized carbons (Fsp3) is 0.471. The van der Waals surface area contributed by atoms with Crippen LogP contribution in [0.3, 0.4) is 0 Å². The van der Waals surface area contributed by atoms with Crippen LogP contribution < -0.4 is 5.73 Å². The summed E-state index contributed by atoms with van der Waals surface area (Å²) in [5, 5.41) is 0. The first-order chi connectivity index (χ1) is 10.7. The molecule has 2 atom stereocenters. The number of hydrogen-bond donors (Lipinski definition) is 1. The Labute approximate surface area is 130 Å². The molecule has 1 aromatic heterocycles. The molecular weight excluding hydrogens is 281 g/mol. The maximum atomic E-state index is 13.0. The van der Waals surface area contributed by atoms with Gasteiger partial charge in [0.05, 0.1) is 5.69 Å². The summed E-state index contributed by atoms with van der Waals surface area (Å²) in [4.78, 5) is 6.92. The number of hydrogen-bond acceptors (Lipinski definition) is 4. The van der Waals surface area contributed by atoms with Crippen LogP contribution in [0.4, 0.5) is 4.39 Å². The Hall–Kier alpha value is -1.72. The van der Waals surface area contributed by atoms with Crippen molar-refractivity contribution in [1.82, 2.24) is 9.88 Å². The number of nitrogens with zero attached hydrogens (tertiary/aromatic N) is 2. The predicted octanol–water partition coefficient (Wildman–Crippen LogP) is 3.04. The van der Waals surface area contributed by atoms with Gasteiger partial charge in [0.25, 0.3) is 0 Å². The fourth-order valence-corrected chi connectivity index (χ4v) is 3.22. The fourth-order valence-electron chi connectivity index (χ4n) is 3.22.